The van der Waals surface area contributed by atoms with E-state index >= 15 is 0 Å². The predicted molar refractivity (Wildman–Crippen MR) is 96.3 cm³/mol. The molecule has 0 fully saturated rings. The summed E-state index contributed by atoms with van der Waals surface area (Å²) < 4.78 is 39.6. The highest BCUT2D eigenvalue weighted by atomic mass is 19.4. The molecule has 0 saturated heterocycles. The summed E-state index contributed by atoms with van der Waals surface area (Å²) in [6.07, 6.45) is 2.55. The van der Waals surface area contributed by atoms with E-state index in [9.17, 15) is 18.0 Å². The molecule has 2 N–H and O–H groups in total. The summed E-state index contributed by atoms with van der Waals surface area (Å²) in [6, 6.07) is 4.34. The second-order valence-corrected chi connectivity index (χ2v) is 5.98. The number of hydrogen-bond acceptors (Lipinski definition) is 4. The molecule has 0 aliphatic carbocycles. The maximum absolute atomic E-state index is 13.2. The van der Waals surface area contributed by atoms with Crippen molar-refractivity contribution in [1.82, 2.24) is 15.0 Å². The number of rotatable bonds is 3. The number of hydrogen-bond donors (Lipinski definition) is 2. The Morgan fingerprint density at radius 3 is 2.67 bits per heavy atom. The number of nitrogens with one attached hydrogen (secondary N) is 2. The van der Waals surface area contributed by atoms with Crippen molar-refractivity contribution in [2.75, 3.05) is 5.32 Å². The van der Waals surface area contributed by atoms with E-state index in [1.807, 2.05) is 0 Å². The molecule has 1 atom stereocenters. The van der Waals surface area contributed by atoms with Gasteiger partial charge in [-0.3, -0.25) is 4.79 Å². The van der Waals surface area contributed by atoms with Crippen LogP contribution < -0.4 is 10.9 Å². The molecule has 0 aliphatic heterocycles. The maximum Gasteiger partial charge on any atom is 0.416 e. The molecule has 0 radical (unpaired) electrons. The number of aromatic amines is 1. The lowest BCUT2D eigenvalue weighted by Gasteiger charge is -2.20. The Bertz CT molecular complexity index is 1110. The number of halogens is 3. The van der Waals surface area contributed by atoms with Crippen LogP contribution in [0.25, 0.3) is 10.9 Å². The van der Waals surface area contributed by atoms with Gasteiger partial charge in [0.15, 0.2) is 0 Å². The van der Waals surface area contributed by atoms with Gasteiger partial charge in [0.2, 0.25) is 5.56 Å². The highest BCUT2D eigenvalue weighted by Gasteiger charge is 2.33. The molecule has 3 aromatic rings. The van der Waals surface area contributed by atoms with E-state index in [0.29, 0.717) is 28.1 Å². The molecular weight excluding hydrogens is 357 g/mol. The fourth-order valence-corrected chi connectivity index (χ4v) is 2.89. The van der Waals surface area contributed by atoms with Crippen LogP contribution in [0.3, 0.4) is 0 Å². The molecule has 0 spiro atoms. The molecule has 138 valence electrons. The zero-order chi connectivity index (χ0) is 19.8. The zero-order valence-corrected chi connectivity index (χ0v) is 14.5. The van der Waals surface area contributed by atoms with E-state index in [1.54, 1.807) is 13.0 Å². The van der Waals surface area contributed by atoms with Crippen molar-refractivity contribution in [3.8, 4) is 12.3 Å². The molecule has 2 aromatic heterocycles. The number of aryl methyl sites for hydroxylation is 1. The third-order valence-corrected chi connectivity index (χ3v) is 4.15. The molecule has 0 aliphatic rings. The van der Waals surface area contributed by atoms with Crippen molar-refractivity contribution in [1.29, 1.82) is 0 Å². The minimum atomic E-state index is -4.48. The Balaban J connectivity index is 2.09. The number of pyridine rings is 1. The number of nitrogens with zero attached hydrogens (tertiary/aromatic N) is 2. The minimum absolute atomic E-state index is 0.0453. The normalized spacial score (nSPS) is 12.6. The van der Waals surface area contributed by atoms with Crippen LogP contribution in [0.15, 0.2) is 35.3 Å². The summed E-state index contributed by atoms with van der Waals surface area (Å²) >= 11 is 0. The molecule has 5 nitrogen and oxygen atoms in total. The van der Waals surface area contributed by atoms with Gasteiger partial charge in [-0.2, -0.15) is 13.2 Å². The summed E-state index contributed by atoms with van der Waals surface area (Å²) in [5.41, 5.74) is -0.292. The Morgan fingerprint density at radius 1 is 1.26 bits per heavy atom. The molecule has 0 bridgehead atoms. The first-order chi connectivity index (χ1) is 12.7. The number of benzene rings is 1. The van der Waals surface area contributed by atoms with Crippen molar-refractivity contribution in [3.05, 3.63) is 63.3 Å². The topological polar surface area (TPSA) is 70.7 Å². The van der Waals surface area contributed by atoms with Crippen LogP contribution in [-0.2, 0) is 6.18 Å². The Hall–Kier alpha value is -3.34. The fraction of sp³-hybridized carbons (Fsp3) is 0.211. The van der Waals surface area contributed by atoms with E-state index in [0.717, 1.165) is 6.07 Å². The summed E-state index contributed by atoms with van der Waals surface area (Å²) in [7, 11) is 0. The molecule has 1 aromatic carbocycles. The van der Waals surface area contributed by atoms with E-state index in [-0.39, 0.29) is 11.1 Å². The van der Waals surface area contributed by atoms with Gasteiger partial charge >= 0.3 is 6.18 Å². The van der Waals surface area contributed by atoms with Gasteiger partial charge in [0, 0.05) is 12.3 Å². The van der Waals surface area contributed by atoms with Gasteiger partial charge in [0.1, 0.15) is 17.7 Å². The van der Waals surface area contributed by atoms with Gasteiger partial charge in [0.25, 0.3) is 0 Å². The van der Waals surface area contributed by atoms with E-state index < -0.39 is 17.8 Å². The largest absolute Gasteiger partial charge is 0.416 e. The fourth-order valence-electron chi connectivity index (χ4n) is 2.89. The highest BCUT2D eigenvalue weighted by molar-refractivity contribution is 5.88. The third-order valence-electron chi connectivity index (χ3n) is 4.15. The highest BCUT2D eigenvalue weighted by Crippen LogP contribution is 2.35. The van der Waals surface area contributed by atoms with Crippen LogP contribution in [0.4, 0.5) is 19.0 Å². The summed E-state index contributed by atoms with van der Waals surface area (Å²) in [5.74, 6) is 3.19. The van der Waals surface area contributed by atoms with Gasteiger partial charge in [-0.25, -0.2) is 9.97 Å². The predicted octanol–water partition coefficient (Wildman–Crippen LogP) is 3.74. The molecule has 0 saturated carbocycles. The second kappa shape index (κ2) is 6.76. The number of aromatic nitrogens is 3. The first-order valence-corrected chi connectivity index (χ1v) is 7.97. The molecule has 8 heteroatoms. The molecule has 3 rings (SSSR count). The monoisotopic (exact) mass is 372 g/mol. The number of alkyl halides is 3. The lowest BCUT2D eigenvalue weighted by molar-refractivity contribution is -0.138. The van der Waals surface area contributed by atoms with Crippen molar-refractivity contribution >= 4 is 16.7 Å². The van der Waals surface area contributed by atoms with Crippen LogP contribution in [0.5, 0.6) is 0 Å². The van der Waals surface area contributed by atoms with Crippen molar-refractivity contribution in [3.63, 3.8) is 0 Å². The van der Waals surface area contributed by atoms with Gasteiger partial charge in [-0.05, 0) is 31.0 Å². The van der Waals surface area contributed by atoms with Crippen molar-refractivity contribution in [2.24, 2.45) is 0 Å². The number of anilines is 1. The zero-order valence-electron chi connectivity index (χ0n) is 14.5. The van der Waals surface area contributed by atoms with E-state index in [1.165, 1.54) is 25.3 Å². The van der Waals surface area contributed by atoms with Gasteiger partial charge in [-0.1, -0.05) is 18.1 Å². The third kappa shape index (κ3) is 3.62. The first-order valence-electron chi connectivity index (χ1n) is 7.97. The van der Waals surface area contributed by atoms with Crippen LogP contribution in [-0.4, -0.2) is 15.0 Å². The van der Waals surface area contributed by atoms with Crippen LogP contribution >= 0.6 is 0 Å². The Kier molecular flexibility index (Phi) is 4.62. The van der Waals surface area contributed by atoms with Crippen LogP contribution in [0.2, 0.25) is 0 Å². The van der Waals surface area contributed by atoms with Gasteiger partial charge in [-0.15, -0.1) is 6.42 Å². The molecular formula is C19H15F3N4O. The average Bonchev–Trinajstić information content (AvgIpc) is 2.58. The number of fused-ring (bicyclic) bond motifs is 1. The van der Waals surface area contributed by atoms with Gasteiger partial charge < -0.3 is 10.3 Å². The maximum atomic E-state index is 13.2. The smallest absolute Gasteiger partial charge is 0.352 e. The molecule has 0 unspecified atom stereocenters. The second-order valence-electron chi connectivity index (χ2n) is 5.98. The minimum Gasteiger partial charge on any atom is -0.352 e. The van der Waals surface area contributed by atoms with Crippen molar-refractivity contribution in [2.45, 2.75) is 26.1 Å². The van der Waals surface area contributed by atoms with Crippen LogP contribution in [0.1, 0.15) is 28.6 Å². The summed E-state index contributed by atoms with van der Waals surface area (Å²) in [4.78, 5) is 22.5. The summed E-state index contributed by atoms with van der Waals surface area (Å²) in [6.45, 7) is 3.03. The molecule has 0 amide bonds. The Labute approximate surface area is 152 Å². The quantitative estimate of drug-likeness (QED) is 0.687. The average molecular weight is 372 g/mol. The SMILES string of the molecule is C#C[C@@H](Nc1nc(C)nc2cc(=O)[nH]cc12)c1cccc(C(F)(F)F)c1C. The molecule has 2 heterocycles. The first kappa shape index (κ1) is 18.5. The number of terminal acetylenes is 1. The van der Waals surface area contributed by atoms with E-state index in [2.05, 4.69) is 26.2 Å². The lowest BCUT2D eigenvalue weighted by atomic mass is 9.96. The Morgan fingerprint density at radius 2 is 2.00 bits per heavy atom. The molecule has 27 heavy (non-hydrogen) atoms. The standard InChI is InChI=1S/C19H15F3N4O/c1-4-15(12-6-5-7-14(10(12)2)19(20,21)22)26-18-13-9-23-17(27)8-16(13)24-11(3)25-18/h1,5-9,15H,2-3H3,(H,23,27)(H,24,25,26)/t15-/m1/s1. The lowest BCUT2D eigenvalue weighted by Crippen LogP contribution is -2.16. The van der Waals surface area contributed by atoms with Gasteiger partial charge in [0.05, 0.1) is 16.5 Å². The van der Waals surface area contributed by atoms with E-state index in [4.69, 9.17) is 6.42 Å². The van der Waals surface area contributed by atoms with Crippen LogP contribution in [0, 0.1) is 26.2 Å². The van der Waals surface area contributed by atoms with Crippen molar-refractivity contribution < 1.29 is 13.2 Å². The summed E-state index contributed by atoms with van der Waals surface area (Å²) in [5, 5.41) is 3.50. The number of H-pyrrole nitrogens is 1.